The first-order valence-corrected chi connectivity index (χ1v) is 19.0. The van der Waals surface area contributed by atoms with Crippen LogP contribution in [0.15, 0.2) is 248 Å². The Balaban J connectivity index is 1.14. The zero-order valence-electron chi connectivity index (χ0n) is 30.9. The second-order valence-corrected chi connectivity index (χ2v) is 13.8. The van der Waals surface area contributed by atoms with Crippen LogP contribution in [-0.2, 0) is 0 Å². The maximum atomic E-state index is 4.18. The smallest absolute Gasteiger partial charge is 0.0462 e. The van der Waals surface area contributed by atoms with Crippen molar-refractivity contribution >= 4 is 11.4 Å². The highest BCUT2D eigenvalue weighted by Gasteiger charge is 2.15. The Morgan fingerprint density at radius 1 is 0.509 bits per heavy atom. The number of nitrogens with zero attached hydrogens (tertiary/aromatic N) is 1. The lowest BCUT2D eigenvalue weighted by molar-refractivity contribution is 0.847. The molecular formula is C54H43N. The molecule has 0 radical (unpaired) electrons. The van der Waals surface area contributed by atoms with E-state index in [9.17, 15) is 0 Å². The lowest BCUT2D eigenvalue weighted by Gasteiger charge is -2.23. The van der Waals surface area contributed by atoms with E-state index in [4.69, 9.17) is 0 Å². The van der Waals surface area contributed by atoms with Crippen LogP contribution in [-0.4, -0.2) is 0 Å². The van der Waals surface area contributed by atoms with Crippen molar-refractivity contribution < 1.29 is 0 Å². The van der Waals surface area contributed by atoms with Crippen LogP contribution in [0, 0.1) is 0 Å². The molecule has 1 heteroatoms. The molecule has 0 N–H and O–H groups in total. The third-order valence-corrected chi connectivity index (χ3v) is 10.3. The monoisotopic (exact) mass is 705 g/mol. The maximum Gasteiger partial charge on any atom is 0.0462 e. The first kappa shape index (κ1) is 35.1. The van der Waals surface area contributed by atoms with Crippen LogP contribution in [0.3, 0.4) is 0 Å². The van der Waals surface area contributed by atoms with Crippen LogP contribution < -0.4 is 4.90 Å². The molecule has 0 saturated heterocycles. The largest absolute Gasteiger partial charge is 0.317 e. The van der Waals surface area contributed by atoms with Crippen LogP contribution in [0.4, 0.5) is 11.4 Å². The number of rotatable bonds is 11. The van der Waals surface area contributed by atoms with Gasteiger partial charge in [-0.3, -0.25) is 0 Å². The van der Waals surface area contributed by atoms with Crippen LogP contribution in [0.25, 0.3) is 44.5 Å². The predicted molar refractivity (Wildman–Crippen MR) is 235 cm³/mol. The minimum atomic E-state index is 0.393. The van der Waals surface area contributed by atoms with Gasteiger partial charge in [-0.25, -0.2) is 0 Å². The van der Waals surface area contributed by atoms with Crippen molar-refractivity contribution in [3.63, 3.8) is 0 Å². The van der Waals surface area contributed by atoms with Gasteiger partial charge in [-0.05, 0) is 98.0 Å². The van der Waals surface area contributed by atoms with E-state index in [0.29, 0.717) is 5.92 Å². The lowest BCUT2D eigenvalue weighted by Crippen LogP contribution is -2.08. The number of anilines is 2. The summed E-state index contributed by atoms with van der Waals surface area (Å²) in [5.74, 6) is 0.393. The standard InChI is InChI=1S/C54H43N/c1-2-41(44-25-27-45(28-26-44)42-16-7-3-8-17-42)24-15-39-55(51-35-33-48(34-36-51)47-31-29-46(30-32-47)43-18-9-4-10-19-43)52-37-38-53(49-20-11-5-12-21-49)54(40-52)50-22-13-6-14-23-50/h2-27,29-40,45H,1,28H2/b39-15+,41-24+. The summed E-state index contributed by atoms with van der Waals surface area (Å²) in [6, 6.07) is 67.0. The van der Waals surface area contributed by atoms with Gasteiger partial charge >= 0.3 is 0 Å². The Kier molecular flexibility index (Phi) is 10.7. The second-order valence-electron chi connectivity index (χ2n) is 13.8. The second kappa shape index (κ2) is 16.8. The third-order valence-electron chi connectivity index (χ3n) is 10.3. The van der Waals surface area contributed by atoms with E-state index in [0.717, 1.165) is 23.4 Å². The van der Waals surface area contributed by atoms with Gasteiger partial charge in [-0.1, -0.05) is 201 Å². The molecule has 1 nitrogen and oxygen atoms in total. The summed E-state index contributed by atoms with van der Waals surface area (Å²) in [4.78, 5) is 2.28. The molecule has 0 aliphatic heterocycles. The van der Waals surface area contributed by atoms with Gasteiger partial charge in [0.2, 0.25) is 0 Å². The van der Waals surface area contributed by atoms with Crippen molar-refractivity contribution in [3.05, 3.63) is 254 Å². The zero-order chi connectivity index (χ0) is 37.2. The van der Waals surface area contributed by atoms with Crippen molar-refractivity contribution in [1.82, 2.24) is 0 Å². The molecule has 0 bridgehead atoms. The van der Waals surface area contributed by atoms with Crippen molar-refractivity contribution in [3.8, 4) is 44.5 Å². The highest BCUT2D eigenvalue weighted by Crippen LogP contribution is 2.38. The van der Waals surface area contributed by atoms with Crippen LogP contribution in [0.2, 0.25) is 0 Å². The number of allylic oxidation sites excluding steroid dienone is 8. The molecule has 7 aromatic rings. The van der Waals surface area contributed by atoms with Gasteiger partial charge < -0.3 is 4.90 Å². The van der Waals surface area contributed by atoms with E-state index < -0.39 is 0 Å². The van der Waals surface area contributed by atoms with Crippen molar-refractivity contribution in [2.24, 2.45) is 0 Å². The Labute approximate surface area is 325 Å². The van der Waals surface area contributed by atoms with Gasteiger partial charge in [-0.2, -0.15) is 0 Å². The van der Waals surface area contributed by atoms with Gasteiger partial charge in [0.1, 0.15) is 0 Å². The fourth-order valence-electron chi connectivity index (χ4n) is 7.33. The summed E-state index contributed by atoms with van der Waals surface area (Å²) in [5, 5.41) is 0. The average Bonchev–Trinajstić information content (AvgIpc) is 3.28. The molecule has 0 saturated carbocycles. The highest BCUT2D eigenvalue weighted by atomic mass is 15.1. The Hall–Kier alpha value is -6.96. The minimum Gasteiger partial charge on any atom is -0.317 e. The number of hydrogen-bond donors (Lipinski definition) is 0. The fourth-order valence-corrected chi connectivity index (χ4v) is 7.33. The molecule has 8 rings (SSSR count). The van der Waals surface area contributed by atoms with Gasteiger partial charge in [0, 0.05) is 23.5 Å². The van der Waals surface area contributed by atoms with Gasteiger partial charge in [0.15, 0.2) is 0 Å². The van der Waals surface area contributed by atoms with E-state index in [1.54, 1.807) is 0 Å². The molecule has 55 heavy (non-hydrogen) atoms. The first-order chi connectivity index (χ1) is 27.2. The number of benzene rings is 7. The summed E-state index contributed by atoms with van der Waals surface area (Å²) in [5.41, 5.74) is 15.3. The summed E-state index contributed by atoms with van der Waals surface area (Å²) < 4.78 is 0. The van der Waals surface area contributed by atoms with Crippen LogP contribution >= 0.6 is 0 Å². The SMILES string of the molecule is C=C/C(=C\C=C\N(c1ccc(-c2ccc(-c3ccccc3)cc2)cc1)c1ccc(-c2ccccc2)c(-c2ccccc2)c1)C1=CCC(c2ccccc2)C=C1. The Morgan fingerprint density at radius 2 is 1.00 bits per heavy atom. The molecule has 0 spiro atoms. The van der Waals surface area contributed by atoms with E-state index in [2.05, 4.69) is 236 Å². The minimum absolute atomic E-state index is 0.393. The summed E-state index contributed by atoms with van der Waals surface area (Å²) in [6.45, 7) is 4.18. The Morgan fingerprint density at radius 3 is 1.55 bits per heavy atom. The molecular weight excluding hydrogens is 663 g/mol. The van der Waals surface area contributed by atoms with Gasteiger partial charge in [-0.15, -0.1) is 0 Å². The molecule has 0 amide bonds. The topological polar surface area (TPSA) is 3.24 Å². The molecule has 0 aromatic heterocycles. The summed E-state index contributed by atoms with van der Waals surface area (Å²) >= 11 is 0. The molecule has 1 unspecified atom stereocenters. The molecule has 264 valence electrons. The van der Waals surface area contributed by atoms with E-state index in [-0.39, 0.29) is 0 Å². The molecule has 1 atom stereocenters. The van der Waals surface area contributed by atoms with E-state index in [1.165, 1.54) is 55.6 Å². The lowest BCUT2D eigenvalue weighted by atomic mass is 9.88. The normalized spacial score (nSPS) is 14.1. The Bertz CT molecular complexity index is 2470. The van der Waals surface area contributed by atoms with Gasteiger partial charge in [0.25, 0.3) is 0 Å². The quantitative estimate of drug-likeness (QED) is 0.121. The fraction of sp³-hybridized carbons (Fsp3) is 0.0370. The molecule has 1 aliphatic carbocycles. The van der Waals surface area contributed by atoms with Gasteiger partial charge in [0.05, 0.1) is 0 Å². The van der Waals surface area contributed by atoms with Crippen molar-refractivity contribution in [1.29, 1.82) is 0 Å². The molecule has 0 heterocycles. The predicted octanol–water partition coefficient (Wildman–Crippen LogP) is 14.8. The third kappa shape index (κ3) is 8.18. The van der Waals surface area contributed by atoms with Crippen LogP contribution in [0.1, 0.15) is 17.9 Å². The first-order valence-electron chi connectivity index (χ1n) is 19.0. The molecule has 1 aliphatic rings. The van der Waals surface area contributed by atoms with Crippen LogP contribution in [0.5, 0.6) is 0 Å². The zero-order valence-corrected chi connectivity index (χ0v) is 30.9. The summed E-state index contributed by atoms with van der Waals surface area (Å²) in [7, 11) is 0. The molecule has 7 aromatic carbocycles. The summed E-state index contributed by atoms with van der Waals surface area (Å²) in [6.07, 6.45) is 16.3. The maximum absolute atomic E-state index is 4.18. The van der Waals surface area contributed by atoms with E-state index in [1.807, 2.05) is 6.08 Å². The van der Waals surface area contributed by atoms with Crippen molar-refractivity contribution in [2.75, 3.05) is 4.90 Å². The van der Waals surface area contributed by atoms with Crippen molar-refractivity contribution in [2.45, 2.75) is 12.3 Å². The number of hydrogen-bond acceptors (Lipinski definition) is 1. The average molecular weight is 706 g/mol. The molecule has 0 fully saturated rings. The highest BCUT2D eigenvalue weighted by molar-refractivity contribution is 5.87. The van der Waals surface area contributed by atoms with E-state index >= 15 is 0 Å².